The third-order valence-electron chi connectivity index (χ3n) is 4.27. The minimum absolute atomic E-state index is 0.0337. The number of piperidine rings is 1. The lowest BCUT2D eigenvalue weighted by Crippen LogP contribution is -2.40. The van der Waals surface area contributed by atoms with Crippen LogP contribution in [-0.2, 0) is 11.3 Å². The SMILES string of the molecule is O=C(Nc1ccccc1)C1CCCN(Cc2ccccc2Cl)C1. The minimum atomic E-state index is 0.0337. The number of hydrogen-bond donors (Lipinski definition) is 1. The van der Waals surface area contributed by atoms with Crippen LogP contribution in [0.5, 0.6) is 0 Å². The highest BCUT2D eigenvalue weighted by Crippen LogP contribution is 2.23. The number of carbonyl (C=O) groups excluding carboxylic acids is 1. The van der Waals surface area contributed by atoms with Crippen molar-refractivity contribution >= 4 is 23.2 Å². The van der Waals surface area contributed by atoms with E-state index < -0.39 is 0 Å². The topological polar surface area (TPSA) is 32.3 Å². The van der Waals surface area contributed by atoms with E-state index in [1.165, 1.54) is 0 Å². The van der Waals surface area contributed by atoms with E-state index in [1.54, 1.807) is 0 Å². The van der Waals surface area contributed by atoms with E-state index >= 15 is 0 Å². The van der Waals surface area contributed by atoms with Crippen molar-refractivity contribution in [2.75, 3.05) is 18.4 Å². The zero-order valence-corrected chi connectivity index (χ0v) is 13.8. The van der Waals surface area contributed by atoms with Gasteiger partial charge < -0.3 is 5.32 Å². The summed E-state index contributed by atoms with van der Waals surface area (Å²) in [5, 5.41) is 3.81. The molecule has 0 saturated carbocycles. The number of carbonyl (C=O) groups is 1. The summed E-state index contributed by atoms with van der Waals surface area (Å²) < 4.78 is 0. The Morgan fingerprint density at radius 2 is 1.87 bits per heavy atom. The summed E-state index contributed by atoms with van der Waals surface area (Å²) >= 11 is 6.24. The van der Waals surface area contributed by atoms with Gasteiger partial charge in [0.2, 0.25) is 5.91 Å². The molecule has 1 heterocycles. The van der Waals surface area contributed by atoms with Crippen LogP contribution in [0.2, 0.25) is 5.02 Å². The summed E-state index contributed by atoms with van der Waals surface area (Å²) in [6.07, 6.45) is 1.98. The first-order chi connectivity index (χ1) is 11.2. The highest BCUT2D eigenvalue weighted by molar-refractivity contribution is 6.31. The molecule has 3 nitrogen and oxygen atoms in total. The Hall–Kier alpha value is -1.84. The van der Waals surface area contributed by atoms with Crippen LogP contribution in [0.15, 0.2) is 54.6 Å². The van der Waals surface area contributed by atoms with Crippen LogP contribution < -0.4 is 5.32 Å². The lowest BCUT2D eigenvalue weighted by Gasteiger charge is -2.32. The maximum atomic E-state index is 12.5. The predicted molar refractivity (Wildman–Crippen MR) is 94.5 cm³/mol. The molecule has 0 bridgehead atoms. The molecular weight excluding hydrogens is 308 g/mol. The van der Waals surface area contributed by atoms with E-state index in [9.17, 15) is 4.79 Å². The molecule has 120 valence electrons. The fraction of sp³-hybridized carbons (Fsp3) is 0.316. The molecule has 23 heavy (non-hydrogen) atoms. The molecule has 0 radical (unpaired) electrons. The first kappa shape index (κ1) is 16.0. The largest absolute Gasteiger partial charge is 0.326 e. The van der Waals surface area contributed by atoms with Gasteiger partial charge in [0, 0.05) is 23.8 Å². The van der Waals surface area contributed by atoms with Gasteiger partial charge in [-0.05, 0) is 43.1 Å². The Morgan fingerprint density at radius 3 is 2.65 bits per heavy atom. The van der Waals surface area contributed by atoms with Gasteiger partial charge in [0.1, 0.15) is 0 Å². The van der Waals surface area contributed by atoms with Crippen LogP contribution >= 0.6 is 11.6 Å². The second-order valence-corrected chi connectivity index (χ2v) is 6.43. The molecule has 2 aromatic carbocycles. The van der Waals surface area contributed by atoms with E-state index in [2.05, 4.69) is 16.3 Å². The molecule has 4 heteroatoms. The zero-order chi connectivity index (χ0) is 16.1. The molecule has 3 rings (SSSR count). The summed E-state index contributed by atoms with van der Waals surface area (Å²) in [5.74, 6) is 0.145. The van der Waals surface area contributed by atoms with Gasteiger partial charge >= 0.3 is 0 Å². The number of rotatable bonds is 4. The van der Waals surface area contributed by atoms with Crippen molar-refractivity contribution in [1.29, 1.82) is 0 Å². The maximum absolute atomic E-state index is 12.5. The van der Waals surface area contributed by atoms with Gasteiger partial charge in [-0.15, -0.1) is 0 Å². The predicted octanol–water partition coefficient (Wildman–Crippen LogP) is 4.19. The quantitative estimate of drug-likeness (QED) is 0.912. The van der Waals surface area contributed by atoms with Crippen molar-refractivity contribution in [2.45, 2.75) is 19.4 Å². The fourth-order valence-corrected chi connectivity index (χ4v) is 3.24. The maximum Gasteiger partial charge on any atom is 0.228 e. The minimum Gasteiger partial charge on any atom is -0.326 e. The summed E-state index contributed by atoms with van der Waals surface area (Å²) in [5.41, 5.74) is 1.99. The number of hydrogen-bond acceptors (Lipinski definition) is 2. The van der Waals surface area contributed by atoms with Gasteiger partial charge in [0.05, 0.1) is 5.92 Å². The van der Waals surface area contributed by atoms with Gasteiger partial charge in [-0.2, -0.15) is 0 Å². The summed E-state index contributed by atoms with van der Waals surface area (Å²) in [7, 11) is 0. The Balaban J connectivity index is 1.59. The summed E-state index contributed by atoms with van der Waals surface area (Å²) in [6.45, 7) is 2.60. The zero-order valence-electron chi connectivity index (χ0n) is 13.0. The van der Waals surface area contributed by atoms with Crippen molar-refractivity contribution in [3.8, 4) is 0 Å². The van der Waals surface area contributed by atoms with Gasteiger partial charge in [-0.1, -0.05) is 48.0 Å². The number of nitrogens with zero attached hydrogens (tertiary/aromatic N) is 1. The number of para-hydroxylation sites is 1. The molecule has 2 aromatic rings. The number of halogens is 1. The van der Waals surface area contributed by atoms with Crippen molar-refractivity contribution in [1.82, 2.24) is 4.90 Å². The van der Waals surface area contributed by atoms with E-state index in [4.69, 9.17) is 11.6 Å². The lowest BCUT2D eigenvalue weighted by atomic mass is 9.96. The van der Waals surface area contributed by atoms with Crippen LogP contribution in [0.3, 0.4) is 0 Å². The Bertz CT molecular complexity index is 659. The van der Waals surface area contributed by atoms with Crippen LogP contribution in [0.25, 0.3) is 0 Å². The first-order valence-electron chi connectivity index (χ1n) is 8.04. The van der Waals surface area contributed by atoms with E-state index in [1.807, 2.05) is 48.5 Å². The fourth-order valence-electron chi connectivity index (χ4n) is 3.05. The van der Waals surface area contributed by atoms with Gasteiger partial charge in [0.15, 0.2) is 0 Å². The third-order valence-corrected chi connectivity index (χ3v) is 4.64. The Morgan fingerprint density at radius 1 is 1.13 bits per heavy atom. The Kier molecular flexibility index (Phi) is 5.31. The highest BCUT2D eigenvalue weighted by Gasteiger charge is 2.26. The molecule has 0 aromatic heterocycles. The monoisotopic (exact) mass is 328 g/mol. The van der Waals surface area contributed by atoms with Crippen LogP contribution in [0, 0.1) is 5.92 Å². The van der Waals surface area contributed by atoms with Crippen LogP contribution in [0.1, 0.15) is 18.4 Å². The number of likely N-dealkylation sites (tertiary alicyclic amines) is 1. The van der Waals surface area contributed by atoms with Crippen molar-refractivity contribution in [3.05, 3.63) is 65.2 Å². The lowest BCUT2D eigenvalue weighted by molar-refractivity contribution is -0.121. The van der Waals surface area contributed by atoms with Crippen LogP contribution in [-0.4, -0.2) is 23.9 Å². The summed E-state index contributed by atoms with van der Waals surface area (Å²) in [4.78, 5) is 14.8. The molecule has 1 saturated heterocycles. The molecule has 0 aliphatic carbocycles. The number of amides is 1. The van der Waals surface area contributed by atoms with E-state index in [0.717, 1.165) is 48.7 Å². The van der Waals surface area contributed by atoms with Crippen LogP contribution in [0.4, 0.5) is 5.69 Å². The van der Waals surface area contributed by atoms with Gasteiger partial charge in [-0.25, -0.2) is 0 Å². The van der Waals surface area contributed by atoms with Crippen molar-refractivity contribution in [3.63, 3.8) is 0 Å². The average Bonchev–Trinajstić information content (AvgIpc) is 2.58. The molecule has 1 amide bonds. The standard InChI is InChI=1S/C19H21ClN2O/c20-18-11-5-4-7-15(18)13-22-12-6-8-16(14-22)19(23)21-17-9-2-1-3-10-17/h1-5,7,9-11,16H,6,8,12-14H2,(H,21,23). The summed E-state index contributed by atoms with van der Waals surface area (Å²) in [6, 6.07) is 17.6. The molecule has 1 atom stereocenters. The van der Waals surface area contributed by atoms with Crippen molar-refractivity contribution in [2.24, 2.45) is 5.92 Å². The van der Waals surface area contributed by atoms with E-state index in [-0.39, 0.29) is 11.8 Å². The smallest absolute Gasteiger partial charge is 0.228 e. The molecule has 1 unspecified atom stereocenters. The molecule has 1 aliphatic heterocycles. The first-order valence-corrected chi connectivity index (χ1v) is 8.42. The second kappa shape index (κ2) is 7.62. The molecule has 1 aliphatic rings. The van der Waals surface area contributed by atoms with Crippen molar-refractivity contribution < 1.29 is 4.79 Å². The van der Waals surface area contributed by atoms with E-state index in [0.29, 0.717) is 0 Å². The Labute approximate surface area is 142 Å². The highest BCUT2D eigenvalue weighted by atomic mass is 35.5. The molecule has 1 fully saturated rings. The molecular formula is C19H21ClN2O. The normalized spacial score (nSPS) is 18.6. The molecule has 1 N–H and O–H groups in total. The number of nitrogens with one attached hydrogen (secondary N) is 1. The third kappa shape index (κ3) is 4.34. The van der Waals surface area contributed by atoms with Gasteiger partial charge in [-0.3, -0.25) is 9.69 Å². The number of anilines is 1. The number of benzene rings is 2. The molecule has 0 spiro atoms. The average molecular weight is 329 g/mol. The second-order valence-electron chi connectivity index (χ2n) is 6.02. The van der Waals surface area contributed by atoms with Gasteiger partial charge in [0.25, 0.3) is 0 Å².